The number of amides is 1. The zero-order valence-electron chi connectivity index (χ0n) is 11.6. The maximum absolute atomic E-state index is 11.9. The van der Waals surface area contributed by atoms with E-state index in [0.717, 1.165) is 4.88 Å². The Labute approximate surface area is 130 Å². The van der Waals surface area contributed by atoms with Crippen LogP contribution in [0, 0.1) is 0 Å². The van der Waals surface area contributed by atoms with Crippen molar-refractivity contribution < 1.29 is 14.1 Å². The molecule has 1 amide bonds. The number of nitrogens with zero attached hydrogens (tertiary/aromatic N) is 2. The van der Waals surface area contributed by atoms with Gasteiger partial charge in [-0.05, 0) is 17.5 Å². The molecule has 112 valence electrons. The summed E-state index contributed by atoms with van der Waals surface area (Å²) < 4.78 is 10.6. The summed E-state index contributed by atoms with van der Waals surface area (Å²) in [4.78, 5) is 16.9. The molecule has 0 fully saturated rings. The molecule has 3 heterocycles. The zero-order valence-corrected chi connectivity index (χ0v) is 12.4. The number of thiophene rings is 1. The highest BCUT2D eigenvalue weighted by atomic mass is 32.1. The van der Waals surface area contributed by atoms with Crippen LogP contribution in [0.3, 0.4) is 0 Å². The highest BCUT2D eigenvalue weighted by Crippen LogP contribution is 2.24. The predicted octanol–water partition coefficient (Wildman–Crippen LogP) is 2.61. The summed E-state index contributed by atoms with van der Waals surface area (Å²) in [5.74, 6) is 0.819. The molecule has 7 heteroatoms. The molecular formula is C15H13N3O3S. The van der Waals surface area contributed by atoms with Crippen LogP contribution in [0.2, 0.25) is 0 Å². The first-order valence-corrected chi connectivity index (χ1v) is 7.53. The Morgan fingerprint density at radius 2 is 2.27 bits per heavy atom. The smallest absolute Gasteiger partial charge is 0.273 e. The minimum Gasteiger partial charge on any atom is -0.476 e. The van der Waals surface area contributed by atoms with E-state index in [4.69, 9.17) is 9.26 Å². The average Bonchev–Trinajstić information content (AvgIpc) is 3.22. The third kappa shape index (κ3) is 3.50. The van der Waals surface area contributed by atoms with Gasteiger partial charge in [-0.3, -0.25) is 4.79 Å². The second kappa shape index (κ2) is 6.86. The standard InChI is InChI=1S/C15H13N3O3S/c19-15(17-7-8-20-14-5-1-2-6-16-14)11-10-12(21-18-11)13-4-3-9-22-13/h1-6,9-10H,7-8H2,(H,17,19). The van der Waals surface area contributed by atoms with Gasteiger partial charge in [-0.1, -0.05) is 17.3 Å². The van der Waals surface area contributed by atoms with Crippen molar-refractivity contribution in [3.05, 3.63) is 53.7 Å². The van der Waals surface area contributed by atoms with Gasteiger partial charge in [0.25, 0.3) is 5.91 Å². The molecule has 0 saturated heterocycles. The number of hydrogen-bond donors (Lipinski definition) is 1. The summed E-state index contributed by atoms with van der Waals surface area (Å²) >= 11 is 1.53. The van der Waals surface area contributed by atoms with Crippen molar-refractivity contribution in [2.75, 3.05) is 13.2 Å². The Bertz CT molecular complexity index is 726. The van der Waals surface area contributed by atoms with E-state index < -0.39 is 0 Å². The largest absolute Gasteiger partial charge is 0.476 e. The molecule has 3 aromatic heterocycles. The van der Waals surface area contributed by atoms with Gasteiger partial charge >= 0.3 is 0 Å². The summed E-state index contributed by atoms with van der Waals surface area (Å²) in [5.41, 5.74) is 0.251. The maximum Gasteiger partial charge on any atom is 0.273 e. The van der Waals surface area contributed by atoms with Gasteiger partial charge in [0.15, 0.2) is 11.5 Å². The maximum atomic E-state index is 11.9. The third-order valence-corrected chi connectivity index (χ3v) is 3.67. The van der Waals surface area contributed by atoms with Crippen LogP contribution in [0.25, 0.3) is 10.6 Å². The SMILES string of the molecule is O=C(NCCOc1ccccn1)c1cc(-c2cccs2)on1. The number of hydrogen-bond acceptors (Lipinski definition) is 6. The van der Waals surface area contributed by atoms with Gasteiger partial charge in [0.2, 0.25) is 5.88 Å². The minimum absolute atomic E-state index is 0.251. The average molecular weight is 315 g/mol. The summed E-state index contributed by atoms with van der Waals surface area (Å²) in [6, 6.07) is 10.9. The van der Waals surface area contributed by atoms with E-state index >= 15 is 0 Å². The number of ether oxygens (including phenoxy) is 1. The monoisotopic (exact) mass is 315 g/mol. The van der Waals surface area contributed by atoms with Crippen LogP contribution in [-0.2, 0) is 0 Å². The summed E-state index contributed by atoms with van der Waals surface area (Å²) in [7, 11) is 0. The van der Waals surface area contributed by atoms with Crippen LogP contribution in [0.5, 0.6) is 5.88 Å². The number of pyridine rings is 1. The highest BCUT2D eigenvalue weighted by Gasteiger charge is 2.13. The van der Waals surface area contributed by atoms with Crippen LogP contribution < -0.4 is 10.1 Å². The first kappa shape index (κ1) is 14.3. The van der Waals surface area contributed by atoms with E-state index in [2.05, 4.69) is 15.5 Å². The van der Waals surface area contributed by atoms with Gasteiger partial charge in [-0.25, -0.2) is 4.98 Å². The number of carbonyl (C=O) groups is 1. The molecule has 0 aliphatic rings. The van der Waals surface area contributed by atoms with E-state index in [1.165, 1.54) is 11.3 Å². The van der Waals surface area contributed by atoms with Gasteiger partial charge in [0, 0.05) is 18.3 Å². The van der Waals surface area contributed by atoms with Crippen molar-refractivity contribution in [3.63, 3.8) is 0 Å². The van der Waals surface area contributed by atoms with E-state index in [-0.39, 0.29) is 11.6 Å². The van der Waals surface area contributed by atoms with Gasteiger partial charge in [0.1, 0.15) is 6.61 Å². The Hall–Kier alpha value is -2.67. The molecule has 0 aliphatic carbocycles. The molecule has 0 spiro atoms. The lowest BCUT2D eigenvalue weighted by molar-refractivity contribution is 0.0937. The van der Waals surface area contributed by atoms with Crippen molar-refractivity contribution in [1.29, 1.82) is 0 Å². The van der Waals surface area contributed by atoms with E-state index in [0.29, 0.717) is 24.8 Å². The van der Waals surface area contributed by atoms with E-state index in [9.17, 15) is 4.79 Å². The Kier molecular flexibility index (Phi) is 4.45. The highest BCUT2D eigenvalue weighted by molar-refractivity contribution is 7.13. The number of nitrogens with one attached hydrogen (secondary N) is 1. The van der Waals surface area contributed by atoms with E-state index in [1.54, 1.807) is 18.3 Å². The van der Waals surface area contributed by atoms with Crippen molar-refractivity contribution in [2.45, 2.75) is 0 Å². The molecule has 3 aromatic rings. The van der Waals surface area contributed by atoms with Crippen molar-refractivity contribution in [1.82, 2.24) is 15.5 Å². The molecule has 6 nitrogen and oxygen atoms in total. The first-order valence-electron chi connectivity index (χ1n) is 6.65. The Balaban J connectivity index is 1.48. The molecule has 0 aromatic carbocycles. The minimum atomic E-state index is -0.295. The predicted molar refractivity (Wildman–Crippen MR) is 81.9 cm³/mol. The Morgan fingerprint density at radius 1 is 1.32 bits per heavy atom. The van der Waals surface area contributed by atoms with Gasteiger partial charge in [0.05, 0.1) is 11.4 Å². The lowest BCUT2D eigenvalue weighted by atomic mass is 10.3. The summed E-state index contributed by atoms with van der Waals surface area (Å²) in [6.45, 7) is 0.689. The number of rotatable bonds is 6. The molecular weight excluding hydrogens is 302 g/mol. The first-order chi connectivity index (χ1) is 10.8. The van der Waals surface area contributed by atoms with Crippen LogP contribution in [0.1, 0.15) is 10.5 Å². The van der Waals surface area contributed by atoms with Crippen molar-refractivity contribution in [3.8, 4) is 16.5 Å². The Morgan fingerprint density at radius 3 is 3.05 bits per heavy atom. The van der Waals surface area contributed by atoms with E-state index in [1.807, 2.05) is 29.6 Å². The fourth-order valence-corrected chi connectivity index (χ4v) is 2.43. The van der Waals surface area contributed by atoms with Gasteiger partial charge < -0.3 is 14.6 Å². The van der Waals surface area contributed by atoms with Crippen LogP contribution in [-0.4, -0.2) is 29.2 Å². The van der Waals surface area contributed by atoms with Gasteiger partial charge in [-0.15, -0.1) is 11.3 Å². The molecule has 3 rings (SSSR count). The second-order valence-electron chi connectivity index (χ2n) is 4.33. The van der Waals surface area contributed by atoms with Crippen molar-refractivity contribution in [2.24, 2.45) is 0 Å². The molecule has 0 bridgehead atoms. The summed E-state index contributed by atoms with van der Waals surface area (Å²) in [6.07, 6.45) is 1.65. The fraction of sp³-hybridized carbons (Fsp3) is 0.133. The molecule has 0 aliphatic heterocycles. The lowest BCUT2D eigenvalue weighted by Gasteiger charge is -2.05. The second-order valence-corrected chi connectivity index (χ2v) is 5.27. The molecule has 0 saturated carbocycles. The topological polar surface area (TPSA) is 77.2 Å². The zero-order chi connectivity index (χ0) is 15.2. The molecule has 22 heavy (non-hydrogen) atoms. The van der Waals surface area contributed by atoms with Crippen LogP contribution in [0.15, 0.2) is 52.5 Å². The number of aromatic nitrogens is 2. The normalized spacial score (nSPS) is 10.4. The summed E-state index contributed by atoms with van der Waals surface area (Å²) in [5, 5.41) is 8.43. The third-order valence-electron chi connectivity index (χ3n) is 2.78. The van der Waals surface area contributed by atoms with Crippen LogP contribution in [0.4, 0.5) is 0 Å². The fourth-order valence-electron chi connectivity index (χ4n) is 1.76. The number of carbonyl (C=O) groups excluding carboxylic acids is 1. The molecule has 0 atom stereocenters. The lowest BCUT2D eigenvalue weighted by Crippen LogP contribution is -2.28. The quantitative estimate of drug-likeness (QED) is 0.708. The molecule has 0 radical (unpaired) electrons. The van der Waals surface area contributed by atoms with Crippen molar-refractivity contribution >= 4 is 17.2 Å². The van der Waals surface area contributed by atoms with Gasteiger partial charge in [-0.2, -0.15) is 0 Å². The molecule has 0 unspecified atom stereocenters. The molecule has 1 N–H and O–H groups in total. The van der Waals surface area contributed by atoms with Crippen LogP contribution >= 0.6 is 11.3 Å².